The highest BCUT2D eigenvalue weighted by Gasteiger charge is 2.48. The Kier molecular flexibility index (Phi) is 3.19. The first-order chi connectivity index (χ1) is 12.4. The summed E-state index contributed by atoms with van der Waals surface area (Å²) in [5.41, 5.74) is 0.602. The molecule has 0 spiro atoms. The molecule has 0 saturated heterocycles. The lowest BCUT2D eigenvalue weighted by molar-refractivity contribution is -0.720. The molecule has 2 aromatic heterocycles. The highest BCUT2D eigenvalue weighted by molar-refractivity contribution is 6.06. The van der Waals surface area contributed by atoms with Crippen LogP contribution in [0, 0.1) is 32.4 Å². The molecular weight excluding hydrogens is 346 g/mol. The van der Waals surface area contributed by atoms with Crippen molar-refractivity contribution in [2.24, 2.45) is 0 Å². The molecule has 0 saturated carbocycles. The van der Waals surface area contributed by atoms with E-state index in [1.165, 1.54) is 0 Å². The first-order valence-corrected chi connectivity index (χ1v) is 7.48. The van der Waals surface area contributed by atoms with Gasteiger partial charge in [-0.05, 0) is 29.5 Å². The fourth-order valence-corrected chi connectivity index (χ4v) is 3.25. The van der Waals surface area contributed by atoms with E-state index >= 15 is 0 Å². The minimum atomic E-state index is -1.13. The lowest BCUT2D eigenvalue weighted by Crippen LogP contribution is -2.30. The first-order valence-electron chi connectivity index (χ1n) is 7.48. The Labute approximate surface area is 143 Å². The third-order valence-corrected chi connectivity index (χ3v) is 4.38. The number of aromatic amines is 2. The highest BCUT2D eigenvalue weighted by Crippen LogP contribution is 2.39. The average Bonchev–Trinajstić information content (AvgIpc) is 3.17. The summed E-state index contributed by atoms with van der Waals surface area (Å²) in [6.07, 6.45) is 2.41. The van der Waals surface area contributed by atoms with Crippen molar-refractivity contribution in [2.75, 3.05) is 0 Å². The fourth-order valence-electron chi connectivity index (χ4n) is 3.25. The SMILES string of the molecule is Cc1ccc2[nH]cc(C3C([N+](=O)[O-])=CC(=[N+]([O-])[O-])c4[nH]o[n+](=O)c43)c2c1. The summed E-state index contributed by atoms with van der Waals surface area (Å²) in [5, 5.41) is 37.0. The molecule has 11 nitrogen and oxygen atoms in total. The number of rotatable bonds is 2. The number of allylic oxidation sites excluding steroid dienone is 2. The van der Waals surface area contributed by atoms with Crippen molar-refractivity contribution in [3.63, 3.8) is 0 Å². The quantitative estimate of drug-likeness (QED) is 0.400. The van der Waals surface area contributed by atoms with Crippen LogP contribution in [0.1, 0.15) is 28.4 Å². The van der Waals surface area contributed by atoms with Gasteiger partial charge in [0.05, 0.1) is 11.0 Å². The Morgan fingerprint density at radius 2 is 2.04 bits per heavy atom. The van der Waals surface area contributed by atoms with Crippen molar-refractivity contribution in [3.05, 3.63) is 84.1 Å². The summed E-state index contributed by atoms with van der Waals surface area (Å²) in [6, 6.07) is 5.51. The monoisotopic (exact) mass is 357 g/mol. The molecule has 4 rings (SSSR count). The fraction of sp³-hybridized carbons (Fsp3) is 0.133. The van der Waals surface area contributed by atoms with Crippen LogP contribution < -0.4 is 4.60 Å². The van der Waals surface area contributed by atoms with E-state index in [1.807, 2.05) is 25.1 Å². The van der Waals surface area contributed by atoms with Gasteiger partial charge in [-0.15, -0.1) is 0 Å². The van der Waals surface area contributed by atoms with Crippen molar-refractivity contribution in [3.8, 4) is 0 Å². The van der Waals surface area contributed by atoms with E-state index < -0.39 is 27.2 Å². The molecule has 0 bridgehead atoms. The van der Waals surface area contributed by atoms with Crippen molar-refractivity contribution in [1.82, 2.24) is 10.1 Å². The number of H-pyrrole nitrogens is 2. The van der Waals surface area contributed by atoms with Gasteiger partial charge in [-0.25, -0.2) is 0 Å². The minimum absolute atomic E-state index is 0.0363. The van der Waals surface area contributed by atoms with Gasteiger partial charge in [0.1, 0.15) is 0 Å². The Morgan fingerprint density at radius 1 is 1.27 bits per heavy atom. The number of nitro groups is 1. The summed E-state index contributed by atoms with van der Waals surface area (Å²) in [4.78, 5) is 25.2. The van der Waals surface area contributed by atoms with Crippen LogP contribution in [0.3, 0.4) is 0 Å². The van der Waals surface area contributed by atoms with Gasteiger partial charge in [0.2, 0.25) is 0 Å². The Bertz CT molecular complexity index is 1180. The molecule has 0 fully saturated rings. The van der Waals surface area contributed by atoms with Gasteiger partial charge >= 0.3 is 0 Å². The van der Waals surface area contributed by atoms with E-state index in [4.69, 9.17) is 0 Å². The zero-order valence-corrected chi connectivity index (χ0v) is 13.3. The van der Waals surface area contributed by atoms with E-state index in [-0.39, 0.29) is 16.0 Å². The smallest absolute Gasteiger partial charge is 0.289 e. The zero-order chi connectivity index (χ0) is 18.6. The van der Waals surface area contributed by atoms with Gasteiger partial charge in [-0.2, -0.15) is 4.90 Å². The summed E-state index contributed by atoms with van der Waals surface area (Å²) in [5.74, 6) is -1.13. The van der Waals surface area contributed by atoms with E-state index in [0.29, 0.717) is 10.9 Å². The van der Waals surface area contributed by atoms with Crippen LogP contribution in [-0.4, -0.2) is 25.7 Å². The number of nitrogens with zero attached hydrogens (tertiary/aromatic N) is 3. The van der Waals surface area contributed by atoms with E-state index in [9.17, 15) is 25.4 Å². The molecule has 0 amide bonds. The predicted molar refractivity (Wildman–Crippen MR) is 87.5 cm³/mol. The molecule has 0 radical (unpaired) electrons. The molecule has 1 aliphatic rings. The lowest BCUT2D eigenvalue weighted by Gasteiger charge is -2.14. The van der Waals surface area contributed by atoms with Crippen LogP contribution in [0.4, 0.5) is 0 Å². The van der Waals surface area contributed by atoms with Crippen molar-refractivity contribution < 1.29 is 19.1 Å². The molecule has 1 aliphatic carbocycles. The first kappa shape index (κ1) is 15.6. The molecule has 1 atom stereocenters. The zero-order valence-electron chi connectivity index (χ0n) is 13.3. The van der Waals surface area contributed by atoms with Crippen LogP contribution >= 0.6 is 0 Å². The maximum Gasteiger partial charge on any atom is 0.289 e. The average molecular weight is 357 g/mol. The molecule has 2 N–H and O–H groups in total. The summed E-state index contributed by atoms with van der Waals surface area (Å²) in [7, 11) is 0. The van der Waals surface area contributed by atoms with Gasteiger partial charge < -0.3 is 15.4 Å². The van der Waals surface area contributed by atoms with Gasteiger partial charge in [-0.1, -0.05) is 21.4 Å². The molecule has 1 unspecified atom stereocenters. The summed E-state index contributed by atoms with van der Waals surface area (Å²) >= 11 is 0. The number of hydrogen-bond donors (Lipinski definition) is 2. The molecule has 11 heteroatoms. The number of fused-ring (bicyclic) bond motifs is 2. The number of aryl methyl sites for hydroxylation is 1. The largest absolute Gasteiger partial charge is 0.612 e. The van der Waals surface area contributed by atoms with Crippen LogP contribution in [0.15, 0.2) is 40.8 Å². The maximum absolute atomic E-state index is 12.1. The van der Waals surface area contributed by atoms with E-state index in [0.717, 1.165) is 17.2 Å². The molecule has 0 aliphatic heterocycles. The van der Waals surface area contributed by atoms with Crippen molar-refractivity contribution >= 4 is 16.6 Å². The number of benzene rings is 1. The second-order valence-corrected chi connectivity index (χ2v) is 5.91. The van der Waals surface area contributed by atoms with E-state index in [2.05, 4.69) is 14.8 Å². The Balaban J connectivity index is 2.08. The van der Waals surface area contributed by atoms with Crippen molar-refractivity contribution in [1.29, 1.82) is 0 Å². The standard InChI is InChI=1S/C15H11N5O6/c1-7-2-3-10-8(4-7)9(6-16-10)13-11(18(21)22)5-12(19(23)24)14-15(13)20(25)26-17-14/h2-6,13,16-17H,1H3. The molecule has 132 valence electrons. The number of nitrogens with one attached hydrogen (secondary N) is 2. The third-order valence-electron chi connectivity index (χ3n) is 4.38. The summed E-state index contributed by atoms with van der Waals surface area (Å²) < 4.78 is 4.67. The van der Waals surface area contributed by atoms with E-state index in [1.54, 1.807) is 6.20 Å². The predicted octanol–water partition coefficient (Wildman–Crippen LogP) is 1.42. The molecule has 1 aromatic carbocycles. The second kappa shape index (κ2) is 5.31. The number of aromatic nitrogens is 3. The molecule has 2 heterocycles. The molecule has 26 heavy (non-hydrogen) atoms. The normalized spacial score (nSPS) is 16.4. The number of hydrogen-bond acceptors (Lipinski definition) is 6. The Hall–Kier alpha value is -3.89. The summed E-state index contributed by atoms with van der Waals surface area (Å²) in [6.45, 7) is 1.87. The van der Waals surface area contributed by atoms with Gasteiger partial charge in [0.15, 0.2) is 10.5 Å². The Morgan fingerprint density at radius 3 is 2.73 bits per heavy atom. The highest BCUT2D eigenvalue weighted by atomic mass is 16.8. The van der Waals surface area contributed by atoms with Crippen LogP contribution in [0.25, 0.3) is 10.9 Å². The van der Waals surface area contributed by atoms with Gasteiger partial charge in [0, 0.05) is 17.1 Å². The van der Waals surface area contributed by atoms with Gasteiger partial charge in [-0.3, -0.25) is 10.1 Å². The topological polar surface area (TPSA) is 160 Å². The third kappa shape index (κ3) is 2.10. The van der Waals surface area contributed by atoms with Gasteiger partial charge in [0.25, 0.3) is 22.8 Å². The minimum Gasteiger partial charge on any atom is -0.612 e. The van der Waals surface area contributed by atoms with Crippen LogP contribution in [-0.2, 0) is 0 Å². The maximum atomic E-state index is 12.1. The van der Waals surface area contributed by atoms with Crippen molar-refractivity contribution in [2.45, 2.75) is 12.8 Å². The molecular formula is C15H11N5O6. The molecule has 3 aromatic rings. The van der Waals surface area contributed by atoms with Crippen LogP contribution in [0.2, 0.25) is 0 Å². The second-order valence-electron chi connectivity index (χ2n) is 5.91. The lowest BCUT2D eigenvalue weighted by atomic mass is 9.85. The van der Waals surface area contributed by atoms with Crippen LogP contribution in [0.5, 0.6) is 0 Å².